The van der Waals surface area contributed by atoms with E-state index in [-0.39, 0.29) is 29.9 Å². The van der Waals surface area contributed by atoms with Gasteiger partial charge in [0.05, 0.1) is 19.5 Å². The number of unbranched alkanes of at least 4 members (excludes halogenated alkanes) is 2. The van der Waals surface area contributed by atoms with E-state index >= 15 is 0 Å². The lowest BCUT2D eigenvalue weighted by Gasteiger charge is -2.25. The third kappa shape index (κ3) is 7.58. The summed E-state index contributed by atoms with van der Waals surface area (Å²) in [5.74, 6) is -0.954. The summed E-state index contributed by atoms with van der Waals surface area (Å²) in [5, 5.41) is 0. The molecule has 0 bridgehead atoms. The molecule has 42 heavy (non-hydrogen) atoms. The fourth-order valence-corrected chi connectivity index (χ4v) is 7.67. The average molecular weight is 647 g/mol. The predicted octanol–water partition coefficient (Wildman–Crippen LogP) is 3.20. The second-order valence-electron chi connectivity index (χ2n) is 10.3. The van der Waals surface area contributed by atoms with E-state index < -0.39 is 44.9 Å². The van der Waals surface area contributed by atoms with Crippen LogP contribution in [0.1, 0.15) is 39.3 Å². The Morgan fingerprint density at radius 1 is 1.00 bits per heavy atom. The predicted molar refractivity (Wildman–Crippen MR) is 149 cm³/mol. The van der Waals surface area contributed by atoms with Crippen LogP contribution in [-0.2, 0) is 38.9 Å². The number of hydrogen-bond donors (Lipinski definition) is 3. The maximum Gasteiger partial charge on any atom is 0.469 e. The molecule has 2 aromatic heterocycles. The van der Waals surface area contributed by atoms with Gasteiger partial charge in [0.25, 0.3) is 5.56 Å². The number of aryl methyl sites for hydroxylation is 1. The lowest BCUT2D eigenvalue weighted by molar-refractivity contribution is -0.199. The Labute approximate surface area is 244 Å². The summed E-state index contributed by atoms with van der Waals surface area (Å²) in [6.07, 6.45) is 1.59. The fraction of sp³-hybridized carbons (Fsp3) is 0.542. The van der Waals surface area contributed by atoms with Crippen LogP contribution >= 0.6 is 26.0 Å². The van der Waals surface area contributed by atoms with Gasteiger partial charge in [-0.2, -0.15) is 0 Å². The van der Waals surface area contributed by atoms with E-state index in [1.807, 2.05) is 0 Å². The molecule has 3 N–H and O–H groups in total. The molecule has 1 unspecified atom stereocenters. The highest BCUT2D eigenvalue weighted by Crippen LogP contribution is 2.59. The van der Waals surface area contributed by atoms with Crippen molar-refractivity contribution in [2.24, 2.45) is 0 Å². The third-order valence-electron chi connectivity index (χ3n) is 6.62. The van der Waals surface area contributed by atoms with E-state index in [1.54, 1.807) is 48.7 Å². The maximum absolute atomic E-state index is 13.1. The number of aromatic nitrogens is 4. The molecule has 2 aliphatic heterocycles. The molecule has 0 saturated carbocycles. The van der Waals surface area contributed by atoms with Gasteiger partial charge >= 0.3 is 14.6 Å². The molecule has 5 atom stereocenters. The van der Waals surface area contributed by atoms with E-state index in [0.717, 1.165) is 11.4 Å². The number of nitrogens with zero attached hydrogens (tertiary/aromatic N) is 4. The van der Waals surface area contributed by atoms with Crippen LogP contribution in [0, 0.1) is 0 Å². The molecule has 18 heteroatoms. The van der Waals surface area contributed by atoms with Crippen molar-refractivity contribution < 1.29 is 47.1 Å². The Morgan fingerprint density at radius 2 is 1.74 bits per heavy atom. The largest absolute Gasteiger partial charge is 0.469 e. The number of hydrogen-bond acceptors (Lipinski definition) is 11. The van der Waals surface area contributed by atoms with Crippen LogP contribution in [0.4, 0.5) is 0 Å². The van der Waals surface area contributed by atoms with Gasteiger partial charge in [0, 0.05) is 11.4 Å². The zero-order chi connectivity index (χ0) is 30.1. The molecule has 2 fully saturated rings. The lowest BCUT2D eigenvalue weighted by Crippen LogP contribution is -2.32. The van der Waals surface area contributed by atoms with E-state index in [4.69, 9.17) is 28.5 Å². The summed E-state index contributed by atoms with van der Waals surface area (Å²) < 4.78 is 54.8. The van der Waals surface area contributed by atoms with Gasteiger partial charge < -0.3 is 28.9 Å². The number of imidazole rings is 1. The topological polar surface area (TPSA) is 194 Å². The minimum atomic E-state index is -4.49. The van der Waals surface area contributed by atoms with Crippen molar-refractivity contribution in [3.63, 3.8) is 0 Å². The Kier molecular flexibility index (Phi) is 9.43. The minimum absolute atomic E-state index is 0.0826. The van der Waals surface area contributed by atoms with Crippen LogP contribution in [0.2, 0.25) is 0 Å². The Hall–Kier alpha value is -1.94. The van der Waals surface area contributed by atoms with Crippen molar-refractivity contribution in [3.8, 4) is 0 Å². The van der Waals surface area contributed by atoms with E-state index in [0.29, 0.717) is 30.7 Å². The Morgan fingerprint density at radius 3 is 2.48 bits per heavy atom. The molecule has 0 spiro atoms. The highest BCUT2D eigenvalue weighted by atomic mass is 32.7. The molecule has 2 aliphatic rings. The van der Waals surface area contributed by atoms with Gasteiger partial charge in [0.15, 0.2) is 23.2 Å². The standard InChI is InChI=1S/C24H32N4O11P2S/c1-24(2)38-19-17(13-36-41(33,34)42-16-9-5-3-6-10-16)37-23(20(19)39-24)28-15-25-18-21(28)26-14-27(22(18)29)11-7-4-8-12-35-40(30,31)32/h3,5-6,9-10,14-15,17,19-20,23H,4,7-8,11-13H2,1-2H3,(H,33,34)(H2,30,31,32)/t17-,19-,20-,23-/m1/s1. The van der Waals surface area contributed by atoms with Gasteiger partial charge in [-0.05, 0) is 56.6 Å². The molecular formula is C24H32N4O11P2S. The monoisotopic (exact) mass is 646 g/mol. The molecule has 5 rings (SSSR count). The van der Waals surface area contributed by atoms with E-state index in [9.17, 15) is 18.8 Å². The van der Waals surface area contributed by atoms with Gasteiger partial charge in [-0.25, -0.2) is 19.1 Å². The summed E-state index contributed by atoms with van der Waals surface area (Å²) in [7, 11) is -4.49. The quantitative estimate of drug-likeness (QED) is 0.181. The second kappa shape index (κ2) is 12.6. The van der Waals surface area contributed by atoms with Crippen LogP contribution in [0.25, 0.3) is 11.2 Å². The second-order valence-corrected chi connectivity index (χ2v) is 15.3. The normalized spacial score (nSPS) is 25.1. The first-order chi connectivity index (χ1) is 19.8. The van der Waals surface area contributed by atoms with Gasteiger partial charge in [0.1, 0.15) is 24.6 Å². The number of ether oxygens (including phenoxy) is 3. The van der Waals surface area contributed by atoms with Crippen molar-refractivity contribution in [1.82, 2.24) is 19.1 Å². The molecule has 0 radical (unpaired) electrons. The first-order valence-electron chi connectivity index (χ1n) is 13.2. The van der Waals surface area contributed by atoms with Gasteiger partial charge in [0.2, 0.25) is 0 Å². The molecule has 230 valence electrons. The summed E-state index contributed by atoms with van der Waals surface area (Å²) in [6.45, 7) is -0.546. The summed E-state index contributed by atoms with van der Waals surface area (Å²) in [5.41, 5.74) is 0.0413. The zero-order valence-electron chi connectivity index (χ0n) is 22.8. The first-order valence-corrected chi connectivity index (χ1v) is 17.7. The minimum Gasteiger partial charge on any atom is -0.347 e. The Balaban J connectivity index is 1.27. The molecule has 0 aliphatic carbocycles. The number of phosphoric ester groups is 1. The van der Waals surface area contributed by atoms with Gasteiger partial charge in [-0.1, -0.05) is 18.2 Å². The summed E-state index contributed by atoms with van der Waals surface area (Å²) in [4.78, 5) is 50.3. The van der Waals surface area contributed by atoms with Crippen LogP contribution in [0.15, 0.2) is 52.7 Å². The van der Waals surface area contributed by atoms with Crippen LogP contribution in [0.3, 0.4) is 0 Å². The highest BCUT2D eigenvalue weighted by molar-refractivity contribution is 8.54. The van der Waals surface area contributed by atoms with E-state index in [2.05, 4.69) is 14.5 Å². The van der Waals surface area contributed by atoms with E-state index in [1.165, 1.54) is 17.2 Å². The average Bonchev–Trinajstić information content (AvgIpc) is 3.57. The molecule has 15 nitrogen and oxygen atoms in total. The molecule has 1 aromatic carbocycles. The van der Waals surface area contributed by atoms with Crippen LogP contribution in [-0.4, -0.2) is 71.1 Å². The summed E-state index contributed by atoms with van der Waals surface area (Å²) >= 11 is 0.729. The van der Waals surface area contributed by atoms with Crippen LogP contribution < -0.4 is 5.56 Å². The number of benzene rings is 1. The van der Waals surface area contributed by atoms with Crippen molar-refractivity contribution in [1.29, 1.82) is 0 Å². The molecule has 4 heterocycles. The maximum atomic E-state index is 13.1. The number of rotatable bonds is 13. The molecule has 2 saturated heterocycles. The van der Waals surface area contributed by atoms with Crippen molar-refractivity contribution in [3.05, 3.63) is 53.3 Å². The fourth-order valence-electron chi connectivity index (χ4n) is 4.86. The molecule has 3 aromatic rings. The number of fused-ring (bicyclic) bond motifs is 2. The van der Waals surface area contributed by atoms with Crippen molar-refractivity contribution >= 4 is 37.2 Å². The summed E-state index contributed by atoms with van der Waals surface area (Å²) in [6, 6.07) is 8.75. The number of phosphoric acid groups is 1. The van der Waals surface area contributed by atoms with Crippen LogP contribution in [0.5, 0.6) is 0 Å². The third-order valence-corrected chi connectivity index (χ3v) is 9.97. The first kappa shape index (κ1) is 31.5. The van der Waals surface area contributed by atoms with Gasteiger partial charge in [-0.3, -0.25) is 23.0 Å². The van der Waals surface area contributed by atoms with Crippen molar-refractivity contribution in [2.75, 3.05) is 13.2 Å². The van der Waals surface area contributed by atoms with Gasteiger partial charge in [-0.15, -0.1) is 0 Å². The highest BCUT2D eigenvalue weighted by Gasteiger charge is 2.56. The SMILES string of the molecule is CC1(C)O[C@@H]2[C@H](O1)[C@@H](COP(=O)(O)Sc1ccccc1)O[C@H]2n1cnc2c(=O)n(CCCCCOP(=O)(O)O)cnc21. The Bertz CT molecular complexity index is 1550. The molecule has 0 amide bonds. The smallest absolute Gasteiger partial charge is 0.347 e. The van der Waals surface area contributed by atoms with Crippen molar-refractivity contribution in [2.45, 2.75) is 74.9 Å². The lowest BCUT2D eigenvalue weighted by atomic mass is 10.1. The molecular weight excluding hydrogens is 614 g/mol. The zero-order valence-corrected chi connectivity index (χ0v) is 25.4.